The number of rotatable bonds is 4. The van der Waals surface area contributed by atoms with E-state index in [-0.39, 0.29) is 25.0 Å². The highest BCUT2D eigenvalue weighted by Gasteiger charge is 2.60. The van der Waals surface area contributed by atoms with E-state index in [1.54, 1.807) is 0 Å². The van der Waals surface area contributed by atoms with E-state index in [1.165, 1.54) is 12.0 Å². The summed E-state index contributed by atoms with van der Waals surface area (Å²) in [5, 5.41) is 9.51. The quantitative estimate of drug-likeness (QED) is 0.836. The van der Waals surface area contributed by atoms with Crippen LogP contribution in [0.4, 0.5) is 4.79 Å². The molecule has 2 aliphatic rings. The fourth-order valence-corrected chi connectivity index (χ4v) is 3.93. The maximum absolute atomic E-state index is 12.3. The number of carboxylic acid groups (broad SMARTS) is 1. The highest BCUT2D eigenvalue weighted by Crippen LogP contribution is 2.55. The Hall–Kier alpha value is -2.57. The van der Waals surface area contributed by atoms with Crippen LogP contribution in [0.3, 0.4) is 0 Å². The molecule has 2 fully saturated rings. The molecule has 1 saturated heterocycles. The second-order valence-corrected chi connectivity index (χ2v) is 6.80. The fraction of sp³-hybridized carbons (Fsp3) is 0.500. The Morgan fingerprint density at radius 2 is 1.92 bits per heavy atom. The molecule has 1 aromatic carbocycles. The molecule has 0 bridgehead atoms. The number of likely N-dealkylation sites (tertiary alicyclic amines) is 1. The van der Waals surface area contributed by atoms with E-state index >= 15 is 0 Å². The van der Waals surface area contributed by atoms with Crippen LogP contribution in [-0.2, 0) is 25.7 Å². The Labute approximate surface area is 145 Å². The minimum absolute atomic E-state index is 0.108. The summed E-state index contributed by atoms with van der Waals surface area (Å²) in [5.74, 6) is -2.23. The van der Waals surface area contributed by atoms with Crippen molar-refractivity contribution in [2.24, 2.45) is 17.3 Å². The molecule has 1 aliphatic heterocycles. The molecule has 1 aromatic rings. The van der Waals surface area contributed by atoms with Crippen molar-refractivity contribution in [1.29, 1.82) is 0 Å². The molecule has 7 nitrogen and oxygen atoms in total. The van der Waals surface area contributed by atoms with Crippen molar-refractivity contribution in [1.82, 2.24) is 4.90 Å². The molecule has 134 valence electrons. The topological polar surface area (TPSA) is 93.1 Å². The summed E-state index contributed by atoms with van der Waals surface area (Å²) in [6.45, 7) is 0.549. The molecule has 0 radical (unpaired) electrons. The van der Waals surface area contributed by atoms with Gasteiger partial charge in [0, 0.05) is 18.5 Å². The first kappa shape index (κ1) is 17.3. The van der Waals surface area contributed by atoms with Gasteiger partial charge in [-0.15, -0.1) is 0 Å². The number of hydrogen-bond acceptors (Lipinski definition) is 5. The van der Waals surface area contributed by atoms with Gasteiger partial charge in [0.2, 0.25) is 0 Å². The molecular formula is C18H21NO6. The van der Waals surface area contributed by atoms with Crippen LogP contribution in [-0.4, -0.2) is 48.2 Å². The standard InChI is InChI=1S/C18H21NO6/c1-24-16(22)13-7-18(8-13)11-19(9-14(18)15(20)21)17(23)25-10-12-5-3-2-4-6-12/h2-6,13-14H,7-11H2,1H3,(H,20,21). The van der Waals surface area contributed by atoms with E-state index < -0.39 is 23.4 Å². The number of methoxy groups -OCH3 is 1. The number of amides is 1. The monoisotopic (exact) mass is 347 g/mol. The zero-order valence-corrected chi connectivity index (χ0v) is 14.0. The molecule has 1 heterocycles. The van der Waals surface area contributed by atoms with E-state index in [1.807, 2.05) is 30.3 Å². The molecule has 1 aliphatic carbocycles. The minimum atomic E-state index is -0.943. The summed E-state index contributed by atoms with van der Waals surface area (Å²) < 4.78 is 10.0. The van der Waals surface area contributed by atoms with Crippen molar-refractivity contribution in [3.8, 4) is 0 Å². The molecule has 1 saturated carbocycles. The van der Waals surface area contributed by atoms with Gasteiger partial charge in [-0.3, -0.25) is 9.59 Å². The molecule has 7 heteroatoms. The number of carbonyl (C=O) groups is 3. The zero-order chi connectivity index (χ0) is 18.0. The number of carbonyl (C=O) groups excluding carboxylic acids is 2. The second-order valence-electron chi connectivity index (χ2n) is 6.80. The summed E-state index contributed by atoms with van der Waals surface area (Å²) in [7, 11) is 1.32. The van der Waals surface area contributed by atoms with E-state index in [2.05, 4.69) is 0 Å². The predicted molar refractivity (Wildman–Crippen MR) is 86.5 cm³/mol. The lowest BCUT2D eigenvalue weighted by molar-refractivity contribution is -0.161. The average molecular weight is 347 g/mol. The molecule has 1 amide bonds. The van der Waals surface area contributed by atoms with Gasteiger partial charge < -0.3 is 19.5 Å². The normalized spacial score (nSPS) is 27.6. The third kappa shape index (κ3) is 3.31. The average Bonchev–Trinajstić information content (AvgIpc) is 3.00. The molecule has 1 N–H and O–H groups in total. The number of esters is 1. The maximum Gasteiger partial charge on any atom is 0.410 e. The Balaban J connectivity index is 1.61. The first-order valence-corrected chi connectivity index (χ1v) is 8.21. The number of benzene rings is 1. The van der Waals surface area contributed by atoms with Gasteiger partial charge in [0.15, 0.2) is 0 Å². The van der Waals surface area contributed by atoms with Crippen LogP contribution < -0.4 is 0 Å². The van der Waals surface area contributed by atoms with Gasteiger partial charge in [0.1, 0.15) is 6.61 Å². The third-order valence-corrected chi connectivity index (χ3v) is 5.25. The summed E-state index contributed by atoms with van der Waals surface area (Å²) in [6, 6.07) is 9.30. The number of carboxylic acids is 1. The predicted octanol–water partition coefficient (Wildman–Crippen LogP) is 1.91. The molecule has 3 rings (SSSR count). The van der Waals surface area contributed by atoms with Crippen LogP contribution in [0.25, 0.3) is 0 Å². The molecule has 1 atom stereocenters. The Morgan fingerprint density at radius 1 is 1.24 bits per heavy atom. The van der Waals surface area contributed by atoms with Crippen LogP contribution in [0.15, 0.2) is 30.3 Å². The number of aliphatic carboxylic acids is 1. The lowest BCUT2D eigenvalue weighted by atomic mass is 9.57. The lowest BCUT2D eigenvalue weighted by Gasteiger charge is -2.45. The van der Waals surface area contributed by atoms with Gasteiger partial charge in [0.25, 0.3) is 0 Å². The molecule has 1 spiro atoms. The highest BCUT2D eigenvalue weighted by molar-refractivity contribution is 5.78. The largest absolute Gasteiger partial charge is 0.481 e. The first-order chi connectivity index (χ1) is 11.9. The maximum atomic E-state index is 12.3. The number of hydrogen-bond donors (Lipinski definition) is 1. The van der Waals surface area contributed by atoms with Crippen molar-refractivity contribution in [3.05, 3.63) is 35.9 Å². The smallest absolute Gasteiger partial charge is 0.410 e. The van der Waals surface area contributed by atoms with Gasteiger partial charge in [-0.25, -0.2) is 4.79 Å². The van der Waals surface area contributed by atoms with Crippen LogP contribution in [0.5, 0.6) is 0 Å². The number of ether oxygens (including phenoxy) is 2. The number of nitrogens with zero attached hydrogens (tertiary/aromatic N) is 1. The summed E-state index contributed by atoms with van der Waals surface area (Å²) in [4.78, 5) is 37.0. The van der Waals surface area contributed by atoms with Gasteiger partial charge in [0.05, 0.1) is 18.9 Å². The van der Waals surface area contributed by atoms with Crippen LogP contribution in [0.1, 0.15) is 18.4 Å². The highest BCUT2D eigenvalue weighted by atomic mass is 16.6. The van der Waals surface area contributed by atoms with E-state index in [0.29, 0.717) is 19.4 Å². The van der Waals surface area contributed by atoms with Gasteiger partial charge in [-0.05, 0) is 18.4 Å². The van der Waals surface area contributed by atoms with E-state index in [4.69, 9.17) is 9.47 Å². The zero-order valence-electron chi connectivity index (χ0n) is 14.0. The van der Waals surface area contributed by atoms with Gasteiger partial charge in [-0.2, -0.15) is 0 Å². The summed E-state index contributed by atoms with van der Waals surface area (Å²) in [6.07, 6.45) is 0.339. The Kier molecular flexibility index (Phi) is 4.65. The van der Waals surface area contributed by atoms with Gasteiger partial charge >= 0.3 is 18.0 Å². The first-order valence-electron chi connectivity index (χ1n) is 8.21. The summed E-state index contributed by atoms with van der Waals surface area (Å²) >= 11 is 0. The Morgan fingerprint density at radius 3 is 2.52 bits per heavy atom. The molecular weight excluding hydrogens is 326 g/mol. The molecule has 1 unspecified atom stereocenters. The van der Waals surface area contributed by atoms with E-state index in [9.17, 15) is 19.5 Å². The van der Waals surface area contributed by atoms with Crippen molar-refractivity contribution in [2.45, 2.75) is 19.4 Å². The third-order valence-electron chi connectivity index (χ3n) is 5.25. The van der Waals surface area contributed by atoms with Crippen molar-refractivity contribution >= 4 is 18.0 Å². The minimum Gasteiger partial charge on any atom is -0.481 e. The SMILES string of the molecule is COC(=O)C1CC2(C1)CN(C(=O)OCc1ccccc1)CC2C(=O)O. The molecule has 0 aromatic heterocycles. The van der Waals surface area contributed by atoms with Crippen LogP contribution >= 0.6 is 0 Å². The van der Waals surface area contributed by atoms with Crippen molar-refractivity contribution < 1.29 is 29.0 Å². The van der Waals surface area contributed by atoms with Crippen LogP contribution in [0.2, 0.25) is 0 Å². The second kappa shape index (κ2) is 6.74. The summed E-state index contributed by atoms with van der Waals surface area (Å²) in [5.41, 5.74) is 0.310. The lowest BCUT2D eigenvalue weighted by Crippen LogP contribution is -2.49. The van der Waals surface area contributed by atoms with Crippen molar-refractivity contribution in [3.63, 3.8) is 0 Å². The van der Waals surface area contributed by atoms with Crippen LogP contribution in [0, 0.1) is 17.3 Å². The van der Waals surface area contributed by atoms with E-state index in [0.717, 1.165) is 5.56 Å². The fourth-order valence-electron chi connectivity index (χ4n) is 3.93. The van der Waals surface area contributed by atoms with Crippen molar-refractivity contribution in [2.75, 3.05) is 20.2 Å². The molecule has 25 heavy (non-hydrogen) atoms. The Bertz CT molecular complexity index is 667. The van der Waals surface area contributed by atoms with Gasteiger partial charge in [-0.1, -0.05) is 30.3 Å².